The fourth-order valence-corrected chi connectivity index (χ4v) is 3.26. The van der Waals surface area contributed by atoms with Gasteiger partial charge in [-0.25, -0.2) is 18.4 Å². The first-order chi connectivity index (χ1) is 9.26. The van der Waals surface area contributed by atoms with Crippen LogP contribution in [0.5, 0.6) is 0 Å². The van der Waals surface area contributed by atoms with Crippen LogP contribution in [0.15, 0.2) is 6.07 Å². The van der Waals surface area contributed by atoms with E-state index in [0.29, 0.717) is 24.7 Å². The highest BCUT2D eigenvalue weighted by molar-refractivity contribution is 7.89. The van der Waals surface area contributed by atoms with E-state index in [1.54, 1.807) is 6.07 Å². The van der Waals surface area contributed by atoms with E-state index in [1.807, 2.05) is 13.8 Å². The molecular weight excluding hydrogens is 302 g/mol. The lowest BCUT2D eigenvalue weighted by Crippen LogP contribution is -2.50. The number of sulfone groups is 1. The van der Waals surface area contributed by atoms with Gasteiger partial charge in [-0.05, 0) is 25.4 Å². The van der Waals surface area contributed by atoms with E-state index in [-0.39, 0.29) is 23.1 Å². The first-order valence-electron chi connectivity index (χ1n) is 6.33. The van der Waals surface area contributed by atoms with Gasteiger partial charge in [0.05, 0.1) is 36.7 Å². The van der Waals surface area contributed by atoms with Crippen LogP contribution in [0.3, 0.4) is 0 Å². The lowest BCUT2D eigenvalue weighted by molar-refractivity contribution is 0.0752. The molecule has 6 nitrogen and oxygen atoms in total. The molecule has 2 unspecified atom stereocenters. The molecule has 0 radical (unpaired) electrons. The zero-order valence-corrected chi connectivity index (χ0v) is 13.3. The zero-order chi connectivity index (χ0) is 14.9. The van der Waals surface area contributed by atoms with E-state index in [1.165, 1.54) is 6.26 Å². The molecule has 2 atom stereocenters. The van der Waals surface area contributed by atoms with E-state index >= 15 is 0 Å². The van der Waals surface area contributed by atoms with Gasteiger partial charge in [-0.2, -0.15) is 0 Å². The molecule has 2 rings (SSSR count). The van der Waals surface area contributed by atoms with Gasteiger partial charge in [0.2, 0.25) is 5.28 Å². The number of morpholine rings is 1. The van der Waals surface area contributed by atoms with Crippen LogP contribution in [0.2, 0.25) is 5.28 Å². The maximum absolute atomic E-state index is 11.4. The molecule has 0 aliphatic carbocycles. The number of nitrogens with zero attached hydrogens (tertiary/aromatic N) is 3. The molecular formula is C12H18ClN3O3S. The molecule has 1 aliphatic heterocycles. The van der Waals surface area contributed by atoms with Crippen molar-refractivity contribution < 1.29 is 13.2 Å². The highest BCUT2D eigenvalue weighted by atomic mass is 35.5. The van der Waals surface area contributed by atoms with Gasteiger partial charge in [0.15, 0.2) is 9.84 Å². The van der Waals surface area contributed by atoms with Gasteiger partial charge in [0.25, 0.3) is 0 Å². The second-order valence-corrected chi connectivity index (χ2v) is 7.68. The molecule has 0 N–H and O–H groups in total. The second kappa shape index (κ2) is 5.83. The summed E-state index contributed by atoms with van der Waals surface area (Å²) in [7, 11) is -3.16. The van der Waals surface area contributed by atoms with Crippen molar-refractivity contribution in [1.82, 2.24) is 9.97 Å². The van der Waals surface area contributed by atoms with Gasteiger partial charge >= 0.3 is 0 Å². The molecule has 0 spiro atoms. The van der Waals surface area contributed by atoms with E-state index in [9.17, 15) is 8.42 Å². The fraction of sp³-hybridized carbons (Fsp3) is 0.667. The molecule has 2 heterocycles. The third kappa shape index (κ3) is 3.80. The van der Waals surface area contributed by atoms with Crippen molar-refractivity contribution in [2.75, 3.05) is 24.4 Å². The Balaban J connectivity index is 2.36. The van der Waals surface area contributed by atoms with Gasteiger partial charge in [-0.15, -0.1) is 0 Å². The quantitative estimate of drug-likeness (QED) is 0.782. The first-order valence-corrected chi connectivity index (χ1v) is 8.77. The van der Waals surface area contributed by atoms with Gasteiger partial charge in [0.1, 0.15) is 5.82 Å². The molecule has 1 aromatic rings. The number of aromatic nitrogens is 2. The van der Waals surface area contributed by atoms with Crippen LogP contribution < -0.4 is 4.90 Å². The third-order valence-corrected chi connectivity index (χ3v) is 4.07. The largest absolute Gasteiger partial charge is 0.377 e. The highest BCUT2D eigenvalue weighted by Gasteiger charge is 2.27. The monoisotopic (exact) mass is 319 g/mol. The minimum absolute atomic E-state index is 0.0621. The van der Waals surface area contributed by atoms with Crippen molar-refractivity contribution >= 4 is 27.3 Å². The number of hydrogen-bond acceptors (Lipinski definition) is 6. The number of rotatable bonds is 3. The van der Waals surface area contributed by atoms with Gasteiger partial charge in [0, 0.05) is 12.3 Å². The molecule has 1 aromatic heterocycles. The van der Waals surface area contributed by atoms with Crippen molar-refractivity contribution in [2.45, 2.75) is 31.7 Å². The first kappa shape index (κ1) is 15.5. The molecule has 1 saturated heterocycles. The van der Waals surface area contributed by atoms with E-state index < -0.39 is 9.84 Å². The van der Waals surface area contributed by atoms with E-state index in [2.05, 4.69) is 14.9 Å². The van der Waals surface area contributed by atoms with Crippen LogP contribution in [-0.4, -0.2) is 49.9 Å². The van der Waals surface area contributed by atoms with Crippen LogP contribution in [0.25, 0.3) is 0 Å². The summed E-state index contributed by atoms with van der Waals surface area (Å²) < 4.78 is 28.3. The van der Waals surface area contributed by atoms with Crippen molar-refractivity contribution in [1.29, 1.82) is 0 Å². The smallest absolute Gasteiger partial charge is 0.224 e. The van der Waals surface area contributed by atoms with Crippen molar-refractivity contribution in [3.63, 3.8) is 0 Å². The Bertz CT molecular complexity index is 584. The van der Waals surface area contributed by atoms with Gasteiger partial charge < -0.3 is 9.64 Å². The van der Waals surface area contributed by atoms with Crippen molar-refractivity contribution in [3.8, 4) is 0 Å². The van der Waals surface area contributed by atoms with E-state index in [0.717, 1.165) is 0 Å². The maximum atomic E-state index is 11.4. The zero-order valence-electron chi connectivity index (χ0n) is 11.7. The predicted octanol–water partition coefficient (Wildman–Crippen LogP) is 1.29. The average Bonchev–Trinajstić information content (AvgIpc) is 2.25. The van der Waals surface area contributed by atoms with Crippen LogP contribution in [0.4, 0.5) is 5.82 Å². The Labute approximate surface area is 124 Å². The van der Waals surface area contributed by atoms with E-state index in [4.69, 9.17) is 16.3 Å². The molecule has 0 aromatic carbocycles. The molecule has 1 aliphatic rings. The topological polar surface area (TPSA) is 72.4 Å². The summed E-state index contributed by atoms with van der Waals surface area (Å²) in [6, 6.07) is 1.98. The molecule has 20 heavy (non-hydrogen) atoms. The molecule has 1 fully saturated rings. The normalized spacial score (nSPS) is 23.9. The Morgan fingerprint density at radius 1 is 1.35 bits per heavy atom. The summed E-state index contributed by atoms with van der Waals surface area (Å²) in [5.74, 6) is 0.502. The molecule has 8 heteroatoms. The summed E-state index contributed by atoms with van der Waals surface area (Å²) in [4.78, 5) is 10.3. The number of hydrogen-bond donors (Lipinski definition) is 0. The minimum Gasteiger partial charge on any atom is -0.377 e. The Morgan fingerprint density at radius 3 is 2.50 bits per heavy atom. The van der Waals surface area contributed by atoms with Gasteiger partial charge in [-0.3, -0.25) is 0 Å². The summed E-state index contributed by atoms with van der Waals surface area (Å²) >= 11 is 5.92. The summed E-state index contributed by atoms with van der Waals surface area (Å²) in [5.41, 5.74) is 0.411. The van der Waals surface area contributed by atoms with Crippen molar-refractivity contribution in [2.24, 2.45) is 0 Å². The van der Waals surface area contributed by atoms with Crippen molar-refractivity contribution in [3.05, 3.63) is 17.0 Å². The van der Waals surface area contributed by atoms with Gasteiger partial charge in [-0.1, -0.05) is 0 Å². The molecule has 0 amide bonds. The standard InChI is InChI=1S/C12H18ClN3O3S/c1-8-5-19-6-9(2)16(8)11-4-10(7-20(3,17)18)14-12(13)15-11/h4,8-9H,5-7H2,1-3H3. The van der Waals surface area contributed by atoms with Crippen LogP contribution in [0.1, 0.15) is 19.5 Å². The SMILES string of the molecule is CC1COCC(C)N1c1cc(CS(C)(=O)=O)nc(Cl)n1. The number of halogens is 1. The summed E-state index contributed by atoms with van der Waals surface area (Å²) in [5, 5.41) is 0.0621. The lowest BCUT2D eigenvalue weighted by Gasteiger charge is -2.39. The van der Waals surface area contributed by atoms with Crippen LogP contribution in [-0.2, 0) is 20.3 Å². The Morgan fingerprint density at radius 2 is 1.95 bits per heavy atom. The summed E-state index contributed by atoms with van der Waals surface area (Å²) in [6.45, 7) is 5.27. The highest BCUT2D eigenvalue weighted by Crippen LogP contribution is 2.24. The minimum atomic E-state index is -3.16. The second-order valence-electron chi connectivity index (χ2n) is 5.20. The molecule has 112 valence electrons. The summed E-state index contributed by atoms with van der Waals surface area (Å²) in [6.07, 6.45) is 1.17. The molecule has 0 saturated carbocycles. The van der Waals surface area contributed by atoms with Crippen LogP contribution >= 0.6 is 11.6 Å². The maximum Gasteiger partial charge on any atom is 0.224 e. The third-order valence-electron chi connectivity index (χ3n) is 3.08. The lowest BCUT2D eigenvalue weighted by atomic mass is 10.1. The number of anilines is 1. The predicted molar refractivity (Wildman–Crippen MR) is 77.8 cm³/mol. The molecule has 0 bridgehead atoms. The average molecular weight is 320 g/mol. The van der Waals surface area contributed by atoms with Crippen LogP contribution in [0, 0.1) is 0 Å². The fourth-order valence-electron chi connectivity index (χ4n) is 2.38. The Hall–Kier alpha value is -0.920. The number of ether oxygens (including phenoxy) is 1. The Kier molecular flexibility index (Phi) is 4.51.